The van der Waals surface area contributed by atoms with Gasteiger partial charge in [0.2, 0.25) is 0 Å². The predicted octanol–water partition coefficient (Wildman–Crippen LogP) is 4.16. The molecule has 21 heavy (non-hydrogen) atoms. The van der Waals surface area contributed by atoms with Gasteiger partial charge in [-0.15, -0.1) is 0 Å². The summed E-state index contributed by atoms with van der Waals surface area (Å²) in [5.41, 5.74) is 0. The summed E-state index contributed by atoms with van der Waals surface area (Å²) in [5, 5.41) is 3.83. The first kappa shape index (κ1) is 17.3. The van der Waals surface area contributed by atoms with E-state index in [-0.39, 0.29) is 0 Å². The maximum Gasteiger partial charge on any atom is 0.0108 e. The topological polar surface area (TPSA) is 15.3 Å². The van der Waals surface area contributed by atoms with Crippen LogP contribution in [0, 0.1) is 23.7 Å². The molecule has 0 aromatic carbocycles. The third-order valence-electron chi connectivity index (χ3n) is 5.97. The van der Waals surface area contributed by atoms with Gasteiger partial charge in [0.15, 0.2) is 0 Å². The molecule has 2 aliphatic rings. The van der Waals surface area contributed by atoms with E-state index < -0.39 is 0 Å². The molecule has 0 bridgehead atoms. The molecule has 1 aliphatic carbocycles. The Morgan fingerprint density at radius 1 is 1.10 bits per heavy atom. The first-order valence-electron chi connectivity index (χ1n) is 9.55. The van der Waals surface area contributed by atoms with Gasteiger partial charge in [-0.1, -0.05) is 27.7 Å². The van der Waals surface area contributed by atoms with Gasteiger partial charge in [-0.05, 0) is 81.8 Å². The van der Waals surface area contributed by atoms with Gasteiger partial charge in [0.05, 0.1) is 0 Å². The first-order valence-corrected chi connectivity index (χ1v) is 9.55. The second kappa shape index (κ2) is 8.53. The van der Waals surface area contributed by atoms with Crippen LogP contribution in [0.3, 0.4) is 0 Å². The lowest BCUT2D eigenvalue weighted by atomic mass is 9.78. The fourth-order valence-electron chi connectivity index (χ4n) is 4.43. The quantitative estimate of drug-likeness (QED) is 0.791. The summed E-state index contributed by atoms with van der Waals surface area (Å²) in [7, 11) is 0. The maximum absolute atomic E-state index is 3.83. The minimum atomic E-state index is 0.781. The van der Waals surface area contributed by atoms with Gasteiger partial charge in [0, 0.05) is 12.6 Å². The van der Waals surface area contributed by atoms with Crippen molar-refractivity contribution in [3.05, 3.63) is 0 Å². The van der Waals surface area contributed by atoms with Crippen LogP contribution in [0.15, 0.2) is 0 Å². The smallest absolute Gasteiger partial charge is 0.0108 e. The molecule has 3 unspecified atom stereocenters. The summed E-state index contributed by atoms with van der Waals surface area (Å²) in [6.07, 6.45) is 8.37. The van der Waals surface area contributed by atoms with Gasteiger partial charge in [-0.2, -0.15) is 0 Å². The Kier molecular flexibility index (Phi) is 7.01. The van der Waals surface area contributed by atoms with Crippen LogP contribution < -0.4 is 5.32 Å². The summed E-state index contributed by atoms with van der Waals surface area (Å²) in [6.45, 7) is 14.8. The number of nitrogens with one attached hydrogen (secondary N) is 1. The highest BCUT2D eigenvalue weighted by molar-refractivity contribution is 4.86. The van der Waals surface area contributed by atoms with E-state index in [9.17, 15) is 0 Å². The van der Waals surface area contributed by atoms with E-state index in [1.807, 2.05) is 0 Å². The van der Waals surface area contributed by atoms with Crippen molar-refractivity contribution >= 4 is 0 Å². The van der Waals surface area contributed by atoms with Crippen molar-refractivity contribution in [1.82, 2.24) is 10.2 Å². The summed E-state index contributed by atoms with van der Waals surface area (Å²) in [6, 6.07) is 0.781. The molecule has 3 atom stereocenters. The molecule has 0 aromatic heterocycles. The van der Waals surface area contributed by atoms with E-state index in [2.05, 4.69) is 37.9 Å². The number of nitrogens with zero attached hydrogens (tertiary/aromatic N) is 1. The Labute approximate surface area is 133 Å². The lowest BCUT2D eigenvalue weighted by Crippen LogP contribution is -2.47. The zero-order valence-electron chi connectivity index (χ0n) is 14.9. The zero-order valence-corrected chi connectivity index (χ0v) is 14.9. The van der Waals surface area contributed by atoms with Gasteiger partial charge >= 0.3 is 0 Å². The summed E-state index contributed by atoms with van der Waals surface area (Å²) in [4.78, 5) is 2.77. The van der Waals surface area contributed by atoms with Gasteiger partial charge < -0.3 is 10.2 Å². The molecular formula is C19H38N2. The van der Waals surface area contributed by atoms with Crippen molar-refractivity contribution in [2.75, 3.05) is 26.2 Å². The minimum Gasteiger partial charge on any atom is -0.314 e. The van der Waals surface area contributed by atoms with Crippen LogP contribution in [0.4, 0.5) is 0 Å². The Morgan fingerprint density at radius 3 is 2.43 bits per heavy atom. The molecule has 2 nitrogen and oxygen atoms in total. The molecule has 2 heteroatoms. The van der Waals surface area contributed by atoms with Crippen LogP contribution in [0.5, 0.6) is 0 Å². The Balaban J connectivity index is 1.81. The van der Waals surface area contributed by atoms with E-state index in [4.69, 9.17) is 0 Å². The Bertz CT molecular complexity index is 279. The highest BCUT2D eigenvalue weighted by Gasteiger charge is 2.31. The van der Waals surface area contributed by atoms with E-state index in [0.717, 1.165) is 29.7 Å². The standard InChI is InChI=1S/C19H38N2/c1-5-10-20-19-7-6-16(4)13-18(19)14-21-11-8-17(9-12-21)15(2)3/h15-20H,5-14H2,1-4H3. The van der Waals surface area contributed by atoms with Crippen molar-refractivity contribution in [2.45, 2.75) is 72.3 Å². The van der Waals surface area contributed by atoms with Gasteiger partial charge in [-0.3, -0.25) is 0 Å². The lowest BCUT2D eigenvalue weighted by molar-refractivity contribution is 0.103. The fourth-order valence-corrected chi connectivity index (χ4v) is 4.43. The van der Waals surface area contributed by atoms with Gasteiger partial charge in [0.25, 0.3) is 0 Å². The second-order valence-electron chi connectivity index (χ2n) is 8.12. The van der Waals surface area contributed by atoms with E-state index in [1.54, 1.807) is 0 Å². The zero-order chi connectivity index (χ0) is 15.2. The molecule has 0 aromatic rings. The van der Waals surface area contributed by atoms with Crippen molar-refractivity contribution in [3.63, 3.8) is 0 Å². The molecule has 0 spiro atoms. The number of likely N-dealkylation sites (tertiary alicyclic amines) is 1. The normalized spacial score (nSPS) is 32.7. The third-order valence-corrected chi connectivity index (χ3v) is 5.97. The maximum atomic E-state index is 3.83. The van der Waals surface area contributed by atoms with Crippen LogP contribution in [-0.4, -0.2) is 37.1 Å². The Morgan fingerprint density at radius 2 is 1.81 bits per heavy atom. The summed E-state index contributed by atoms with van der Waals surface area (Å²) in [5.74, 6) is 3.67. The molecule has 0 radical (unpaired) electrons. The average Bonchev–Trinajstić information content (AvgIpc) is 2.47. The fraction of sp³-hybridized carbons (Fsp3) is 1.00. The SMILES string of the molecule is CCCNC1CCC(C)CC1CN1CCC(C(C)C)CC1. The molecule has 1 saturated heterocycles. The minimum absolute atomic E-state index is 0.781. The van der Waals surface area contributed by atoms with Crippen LogP contribution in [0.25, 0.3) is 0 Å². The van der Waals surface area contributed by atoms with Gasteiger partial charge in [-0.25, -0.2) is 0 Å². The molecule has 124 valence electrons. The van der Waals surface area contributed by atoms with Crippen LogP contribution in [0.1, 0.15) is 66.2 Å². The second-order valence-corrected chi connectivity index (χ2v) is 8.12. The molecule has 2 fully saturated rings. The highest BCUT2D eigenvalue weighted by atomic mass is 15.1. The largest absolute Gasteiger partial charge is 0.314 e. The van der Waals surface area contributed by atoms with Crippen molar-refractivity contribution in [3.8, 4) is 0 Å². The molecule has 1 aliphatic heterocycles. The summed E-state index contributed by atoms with van der Waals surface area (Å²) >= 11 is 0. The van der Waals surface area contributed by atoms with Crippen LogP contribution in [0.2, 0.25) is 0 Å². The van der Waals surface area contributed by atoms with Crippen molar-refractivity contribution in [2.24, 2.45) is 23.7 Å². The number of hydrogen-bond donors (Lipinski definition) is 1. The molecular weight excluding hydrogens is 256 g/mol. The molecule has 2 rings (SSSR count). The number of piperidine rings is 1. The third kappa shape index (κ3) is 5.25. The molecule has 0 amide bonds. The van der Waals surface area contributed by atoms with Crippen LogP contribution >= 0.6 is 0 Å². The molecule has 1 heterocycles. The summed E-state index contributed by atoms with van der Waals surface area (Å²) < 4.78 is 0. The van der Waals surface area contributed by atoms with Crippen molar-refractivity contribution in [1.29, 1.82) is 0 Å². The highest BCUT2D eigenvalue weighted by Crippen LogP contribution is 2.31. The van der Waals surface area contributed by atoms with Crippen LogP contribution in [-0.2, 0) is 0 Å². The number of hydrogen-bond acceptors (Lipinski definition) is 2. The molecule has 1 saturated carbocycles. The van der Waals surface area contributed by atoms with E-state index >= 15 is 0 Å². The van der Waals surface area contributed by atoms with E-state index in [1.165, 1.54) is 64.7 Å². The Hall–Kier alpha value is -0.0800. The average molecular weight is 295 g/mol. The van der Waals surface area contributed by atoms with E-state index in [0.29, 0.717) is 0 Å². The van der Waals surface area contributed by atoms with Gasteiger partial charge in [0.1, 0.15) is 0 Å². The molecule has 1 N–H and O–H groups in total. The number of rotatable bonds is 6. The predicted molar refractivity (Wildman–Crippen MR) is 92.6 cm³/mol. The first-order chi connectivity index (χ1) is 10.1. The lowest BCUT2D eigenvalue weighted by Gasteiger charge is -2.41. The monoisotopic (exact) mass is 294 g/mol. The van der Waals surface area contributed by atoms with Crippen molar-refractivity contribution < 1.29 is 0 Å².